The summed E-state index contributed by atoms with van der Waals surface area (Å²) in [5.74, 6) is -5.87. The predicted octanol–water partition coefficient (Wildman–Crippen LogP) is 6.00. The van der Waals surface area contributed by atoms with Crippen LogP contribution >= 0.6 is 0 Å². The zero-order chi connectivity index (χ0) is 39.0. The van der Waals surface area contributed by atoms with Crippen molar-refractivity contribution in [3.63, 3.8) is 0 Å². The molecule has 2 heterocycles. The van der Waals surface area contributed by atoms with Gasteiger partial charge in [0.2, 0.25) is 0 Å². The fourth-order valence-corrected chi connectivity index (χ4v) is 7.37. The lowest BCUT2D eigenvalue weighted by molar-refractivity contribution is -0.0439. The van der Waals surface area contributed by atoms with E-state index in [2.05, 4.69) is 29.6 Å². The van der Waals surface area contributed by atoms with E-state index in [0.717, 1.165) is 18.3 Å². The minimum atomic E-state index is -6.43. The minimum Gasteiger partial charge on any atom is -0.256 e. The second kappa shape index (κ2) is 12.3. The van der Waals surface area contributed by atoms with Gasteiger partial charge in [0, 0.05) is 51.1 Å². The number of aromatic nitrogens is 4. The molecule has 7 rings (SSSR count). The van der Waals surface area contributed by atoms with Gasteiger partial charge in [0.05, 0.1) is 71.8 Å². The highest BCUT2D eigenvalue weighted by Crippen LogP contribution is 2.40. The third-order valence-corrected chi connectivity index (χ3v) is 10.5. The first-order chi connectivity index (χ1) is 25.6. The first kappa shape index (κ1) is 35.4. The molecule has 0 radical (unpaired) electrons. The van der Waals surface area contributed by atoms with Gasteiger partial charge in [0.15, 0.2) is 0 Å². The van der Waals surface area contributed by atoms with Crippen LogP contribution < -0.4 is 10.4 Å². The van der Waals surface area contributed by atoms with E-state index in [1.807, 2.05) is 12.1 Å². The van der Waals surface area contributed by atoms with E-state index in [1.54, 1.807) is 0 Å². The Balaban J connectivity index is 1.55. The Hall–Kier alpha value is -7.02. The summed E-state index contributed by atoms with van der Waals surface area (Å²) in [6.07, 6.45) is 2.06. The van der Waals surface area contributed by atoms with E-state index in [1.165, 1.54) is 13.1 Å². The van der Waals surface area contributed by atoms with Crippen molar-refractivity contribution in [1.82, 2.24) is 19.9 Å². The van der Waals surface area contributed by atoms with E-state index >= 15 is 0 Å². The molecule has 10 nitrogen and oxygen atoms in total. The number of halogens is 7. The Kier molecular flexibility index (Phi) is 8.06. The van der Waals surface area contributed by atoms with Gasteiger partial charge in [-0.1, -0.05) is 0 Å². The summed E-state index contributed by atoms with van der Waals surface area (Å²) in [6, 6.07) is 6.37. The summed E-state index contributed by atoms with van der Waals surface area (Å²) in [4.78, 5) is 22.4. The second-order valence-corrected chi connectivity index (χ2v) is 13.7. The topological polar surface area (TPSA) is 142 Å². The molecule has 0 fully saturated rings. The lowest BCUT2D eigenvalue weighted by Gasteiger charge is -2.13. The largest absolute Gasteiger partial charge is 0.502 e. The zero-order valence-corrected chi connectivity index (χ0v) is 27.6. The smallest absolute Gasteiger partial charge is 0.256 e. The number of benzene rings is 3. The highest BCUT2D eigenvalue weighted by molar-refractivity contribution is 7.92. The number of alkyl halides is 3. The average molecular weight is 755 g/mol. The van der Waals surface area contributed by atoms with Crippen LogP contribution in [0, 0.1) is 66.0 Å². The molecule has 264 valence electrons. The lowest BCUT2D eigenvalue weighted by atomic mass is 9.92. The summed E-state index contributed by atoms with van der Waals surface area (Å²) in [5, 5.41) is 20.2. The Bertz CT molecular complexity index is 2930. The Morgan fingerprint density at radius 1 is 0.741 bits per heavy atom. The standard InChI is InChI=1S/C36H13F7N8O2S/c1-14-19(37)4-15(5-20(14)38)27-12-48-23-8-17-29(25(10-44)46-2)18-9-24-34(31(18)32(26(11-45)47-3)30(17)33(23)50-27)51-28(13-49-24)16-6-21(39)35(22(40)7-16)54(52,53)36(41,42)43/h4-7,12-13H,8-9H2,1H3/b29-25+,32-26+. The fourth-order valence-electron chi connectivity index (χ4n) is 6.51. The maximum absolute atomic E-state index is 15.0. The van der Waals surface area contributed by atoms with Crippen LogP contribution in [0.25, 0.3) is 66.1 Å². The monoisotopic (exact) mass is 754 g/mol. The molecule has 2 aliphatic rings. The first-order valence-corrected chi connectivity index (χ1v) is 16.5. The van der Waals surface area contributed by atoms with Gasteiger partial charge in [-0.2, -0.15) is 13.2 Å². The maximum atomic E-state index is 15.0. The minimum absolute atomic E-state index is 0.00161. The van der Waals surface area contributed by atoms with Gasteiger partial charge in [-0.3, -0.25) is 9.97 Å². The molecule has 0 amide bonds. The molecule has 2 aliphatic carbocycles. The van der Waals surface area contributed by atoms with Crippen molar-refractivity contribution in [2.45, 2.75) is 30.2 Å². The van der Waals surface area contributed by atoms with E-state index in [0.29, 0.717) is 12.1 Å². The molecule has 0 bridgehead atoms. The molecule has 0 atom stereocenters. The molecule has 0 unspecified atom stereocenters. The van der Waals surface area contributed by atoms with Crippen LogP contribution in [0.2, 0.25) is 0 Å². The summed E-state index contributed by atoms with van der Waals surface area (Å²) in [5.41, 5.74) is -7.18. The number of hydrogen-bond acceptors (Lipinski definition) is 8. The van der Waals surface area contributed by atoms with E-state index < -0.39 is 60.5 Å². The highest BCUT2D eigenvalue weighted by Gasteiger charge is 2.50. The molecule has 2 aromatic heterocycles. The molecular formula is C36H13F7N8O2S. The van der Waals surface area contributed by atoms with E-state index in [4.69, 9.17) is 13.1 Å². The van der Waals surface area contributed by atoms with Crippen LogP contribution in [-0.2, 0) is 22.7 Å². The average Bonchev–Trinajstić information content (AvgIpc) is 3.69. The molecule has 3 aromatic carbocycles. The van der Waals surface area contributed by atoms with Crippen molar-refractivity contribution < 1.29 is 39.2 Å². The fraction of sp³-hybridized carbons (Fsp3) is 0.111. The van der Waals surface area contributed by atoms with Crippen LogP contribution in [-0.4, -0.2) is 33.9 Å². The van der Waals surface area contributed by atoms with Crippen molar-refractivity contribution in [2.75, 3.05) is 0 Å². The molecule has 54 heavy (non-hydrogen) atoms. The van der Waals surface area contributed by atoms with Crippen LogP contribution in [0.3, 0.4) is 0 Å². The third-order valence-electron chi connectivity index (χ3n) is 8.92. The van der Waals surface area contributed by atoms with Gasteiger partial charge in [-0.05, 0) is 42.3 Å². The Morgan fingerprint density at radius 2 is 1.15 bits per heavy atom. The number of hydrogen-bond donors (Lipinski definition) is 0. The van der Waals surface area contributed by atoms with Crippen molar-refractivity contribution in [3.05, 3.63) is 121 Å². The van der Waals surface area contributed by atoms with Gasteiger partial charge >= 0.3 is 5.51 Å². The third kappa shape index (κ3) is 5.15. The van der Waals surface area contributed by atoms with Gasteiger partial charge in [-0.25, -0.2) is 56.2 Å². The van der Waals surface area contributed by atoms with E-state index in [-0.39, 0.29) is 90.8 Å². The highest BCUT2D eigenvalue weighted by atomic mass is 32.2. The summed E-state index contributed by atoms with van der Waals surface area (Å²) in [6.45, 7) is 16.9. The Morgan fingerprint density at radius 3 is 1.54 bits per heavy atom. The number of nitriles is 2. The van der Waals surface area contributed by atoms with Crippen LogP contribution in [0.4, 0.5) is 30.7 Å². The normalized spacial score (nSPS) is 13.7. The number of rotatable bonds is 3. The summed E-state index contributed by atoms with van der Waals surface area (Å²) < 4.78 is 122. The van der Waals surface area contributed by atoms with Gasteiger partial charge in [-0.15, -0.1) is 0 Å². The maximum Gasteiger partial charge on any atom is 0.502 e. The molecule has 0 aliphatic heterocycles. The SMILES string of the molecule is [C-]#[N+]/C(C#N)=c1\c2c(/c(=C(/C#N)[N+]#[C-])c3c1Cc1ncc(-c4cc(F)c(S(=O)(=O)C(F)(F)F)c(F)c4)nc1-3)-c1nc(-c3cc(F)c(C)c(F)c3)cnc1C2. The van der Waals surface area contributed by atoms with Gasteiger partial charge < -0.3 is 0 Å². The second-order valence-electron chi connectivity index (χ2n) is 11.8. The van der Waals surface area contributed by atoms with Crippen molar-refractivity contribution in [2.24, 2.45) is 0 Å². The molecule has 18 heteroatoms. The van der Waals surface area contributed by atoms with Crippen LogP contribution in [0.5, 0.6) is 0 Å². The van der Waals surface area contributed by atoms with Gasteiger partial charge in [0.25, 0.3) is 21.2 Å². The van der Waals surface area contributed by atoms with Crippen molar-refractivity contribution >= 4 is 21.2 Å². The van der Waals surface area contributed by atoms with Crippen molar-refractivity contribution in [1.29, 1.82) is 10.5 Å². The molecule has 0 saturated heterocycles. The van der Waals surface area contributed by atoms with Crippen LogP contribution in [0.15, 0.2) is 41.6 Å². The molecule has 0 N–H and O–H groups in total. The predicted molar refractivity (Wildman–Crippen MR) is 173 cm³/mol. The summed E-state index contributed by atoms with van der Waals surface area (Å²) in [7, 11) is -6.43. The van der Waals surface area contributed by atoms with E-state index in [9.17, 15) is 49.7 Å². The van der Waals surface area contributed by atoms with Crippen molar-refractivity contribution in [3.8, 4) is 57.2 Å². The zero-order valence-electron chi connectivity index (χ0n) is 26.8. The van der Waals surface area contributed by atoms with Gasteiger partial charge in [0.1, 0.15) is 28.2 Å². The molecule has 5 aromatic rings. The number of nitrogens with zero attached hydrogens (tertiary/aromatic N) is 8. The lowest BCUT2D eigenvalue weighted by Crippen LogP contribution is -2.26. The molecular weight excluding hydrogens is 742 g/mol. The molecule has 0 spiro atoms. The number of fused-ring (bicyclic) bond motifs is 6. The van der Waals surface area contributed by atoms with Crippen LogP contribution in [0.1, 0.15) is 28.1 Å². The Labute approximate surface area is 299 Å². The first-order valence-electron chi connectivity index (χ1n) is 15.1. The quantitative estimate of drug-likeness (QED) is 0.158. The molecule has 0 saturated carbocycles. The summed E-state index contributed by atoms with van der Waals surface area (Å²) >= 11 is 0. The number of sulfone groups is 1.